The van der Waals surface area contributed by atoms with Crippen molar-refractivity contribution in [3.63, 3.8) is 0 Å². The van der Waals surface area contributed by atoms with E-state index in [0.29, 0.717) is 12.0 Å². The number of carbonyl (C=O) groups is 1. The molecule has 0 aromatic rings. The summed E-state index contributed by atoms with van der Waals surface area (Å²) >= 11 is 0. The SMILES string of the molecule is C=C(C)C(=O)NC(C)(N)CC. The van der Waals surface area contributed by atoms with Gasteiger partial charge in [0.2, 0.25) is 5.91 Å². The quantitative estimate of drug-likeness (QED) is 0.468. The van der Waals surface area contributed by atoms with Gasteiger partial charge in [-0.15, -0.1) is 0 Å². The minimum absolute atomic E-state index is 0.183. The van der Waals surface area contributed by atoms with E-state index in [1.165, 1.54) is 0 Å². The third-order valence-electron chi connectivity index (χ3n) is 1.52. The van der Waals surface area contributed by atoms with Crippen LogP contribution < -0.4 is 11.1 Å². The average Bonchev–Trinajstić information content (AvgIpc) is 1.87. The molecule has 0 fully saturated rings. The summed E-state index contributed by atoms with van der Waals surface area (Å²) in [5.74, 6) is -0.183. The smallest absolute Gasteiger partial charge is 0.247 e. The third kappa shape index (κ3) is 3.78. The highest BCUT2D eigenvalue weighted by Crippen LogP contribution is 2.00. The Hall–Kier alpha value is -0.830. The Bertz CT molecular complexity index is 173. The third-order valence-corrected chi connectivity index (χ3v) is 1.52. The van der Waals surface area contributed by atoms with E-state index in [1.807, 2.05) is 6.92 Å². The van der Waals surface area contributed by atoms with Gasteiger partial charge in [-0.2, -0.15) is 0 Å². The zero-order valence-corrected chi connectivity index (χ0v) is 7.40. The second-order valence-corrected chi connectivity index (χ2v) is 3.01. The largest absolute Gasteiger partial charge is 0.335 e. The molecule has 3 heteroatoms. The van der Waals surface area contributed by atoms with Crippen molar-refractivity contribution < 1.29 is 4.79 Å². The van der Waals surface area contributed by atoms with E-state index < -0.39 is 5.66 Å². The van der Waals surface area contributed by atoms with Crippen LogP contribution in [-0.2, 0) is 4.79 Å². The van der Waals surface area contributed by atoms with Gasteiger partial charge in [0.15, 0.2) is 0 Å². The van der Waals surface area contributed by atoms with Crippen molar-refractivity contribution >= 4 is 5.91 Å². The summed E-state index contributed by atoms with van der Waals surface area (Å²) in [6.45, 7) is 8.85. The molecule has 1 atom stereocenters. The predicted molar refractivity (Wildman–Crippen MR) is 45.8 cm³/mol. The first kappa shape index (κ1) is 10.2. The van der Waals surface area contributed by atoms with Crippen molar-refractivity contribution in [3.8, 4) is 0 Å². The van der Waals surface area contributed by atoms with Crippen LogP contribution in [0.4, 0.5) is 0 Å². The second-order valence-electron chi connectivity index (χ2n) is 3.01. The Morgan fingerprint density at radius 3 is 2.45 bits per heavy atom. The Labute approximate surface area is 67.7 Å². The number of rotatable bonds is 3. The molecule has 0 radical (unpaired) electrons. The van der Waals surface area contributed by atoms with Crippen LogP contribution in [-0.4, -0.2) is 11.6 Å². The van der Waals surface area contributed by atoms with Crippen molar-refractivity contribution in [1.29, 1.82) is 0 Å². The van der Waals surface area contributed by atoms with E-state index >= 15 is 0 Å². The fraction of sp³-hybridized carbons (Fsp3) is 0.625. The number of hydrogen-bond donors (Lipinski definition) is 2. The van der Waals surface area contributed by atoms with Crippen LogP contribution in [0.5, 0.6) is 0 Å². The number of nitrogens with one attached hydrogen (secondary N) is 1. The molecule has 3 N–H and O–H groups in total. The van der Waals surface area contributed by atoms with Crippen LogP contribution in [0.25, 0.3) is 0 Å². The molecule has 0 spiro atoms. The lowest BCUT2D eigenvalue weighted by molar-refractivity contribution is -0.119. The van der Waals surface area contributed by atoms with Crippen LogP contribution >= 0.6 is 0 Å². The zero-order valence-electron chi connectivity index (χ0n) is 7.40. The van der Waals surface area contributed by atoms with E-state index in [2.05, 4.69) is 11.9 Å². The Kier molecular flexibility index (Phi) is 3.26. The monoisotopic (exact) mass is 156 g/mol. The van der Waals surface area contributed by atoms with E-state index in [4.69, 9.17) is 5.73 Å². The zero-order chi connectivity index (χ0) is 9.07. The first-order valence-corrected chi connectivity index (χ1v) is 3.66. The summed E-state index contributed by atoms with van der Waals surface area (Å²) in [6, 6.07) is 0. The van der Waals surface area contributed by atoms with E-state index in [1.54, 1.807) is 13.8 Å². The normalized spacial score (nSPS) is 15.3. The molecule has 3 nitrogen and oxygen atoms in total. The van der Waals surface area contributed by atoms with Gasteiger partial charge < -0.3 is 11.1 Å². The molecule has 64 valence electrons. The van der Waals surface area contributed by atoms with E-state index in [0.717, 1.165) is 0 Å². The number of carbonyl (C=O) groups excluding carboxylic acids is 1. The molecule has 0 saturated carbocycles. The van der Waals surface area contributed by atoms with Crippen molar-refractivity contribution in [2.75, 3.05) is 0 Å². The maximum absolute atomic E-state index is 11.0. The lowest BCUT2D eigenvalue weighted by atomic mass is 10.1. The molecule has 0 rings (SSSR count). The Morgan fingerprint density at radius 2 is 2.18 bits per heavy atom. The molecule has 0 aromatic carbocycles. The van der Waals surface area contributed by atoms with Gasteiger partial charge in [0.1, 0.15) is 0 Å². The molecule has 0 bridgehead atoms. The minimum atomic E-state index is -0.615. The second kappa shape index (κ2) is 3.53. The summed E-state index contributed by atoms with van der Waals surface area (Å²) in [5.41, 5.74) is 5.55. The Balaban J connectivity index is 4.04. The first-order valence-electron chi connectivity index (χ1n) is 3.66. The molecule has 0 aliphatic heterocycles. The fourth-order valence-corrected chi connectivity index (χ4v) is 0.454. The van der Waals surface area contributed by atoms with Crippen LogP contribution in [0.3, 0.4) is 0 Å². The minimum Gasteiger partial charge on any atom is -0.335 e. The molecule has 0 saturated heterocycles. The molecular weight excluding hydrogens is 140 g/mol. The lowest BCUT2D eigenvalue weighted by Crippen LogP contribution is -2.53. The molecule has 1 unspecified atom stereocenters. The van der Waals surface area contributed by atoms with Crippen LogP contribution in [0.2, 0.25) is 0 Å². The molecule has 0 aromatic heterocycles. The fourth-order valence-electron chi connectivity index (χ4n) is 0.454. The summed E-state index contributed by atoms with van der Waals surface area (Å²) < 4.78 is 0. The number of nitrogens with two attached hydrogens (primary N) is 1. The summed E-state index contributed by atoms with van der Waals surface area (Å²) in [6.07, 6.45) is 0.700. The summed E-state index contributed by atoms with van der Waals surface area (Å²) in [5, 5.41) is 2.64. The van der Waals surface area contributed by atoms with Crippen molar-refractivity contribution in [2.24, 2.45) is 5.73 Å². The Morgan fingerprint density at radius 1 is 1.73 bits per heavy atom. The molecule has 1 amide bonds. The van der Waals surface area contributed by atoms with Gasteiger partial charge in [0, 0.05) is 5.57 Å². The topological polar surface area (TPSA) is 55.1 Å². The molecule has 0 heterocycles. The van der Waals surface area contributed by atoms with E-state index in [9.17, 15) is 4.79 Å². The highest BCUT2D eigenvalue weighted by molar-refractivity contribution is 5.92. The molecule has 11 heavy (non-hydrogen) atoms. The maximum atomic E-state index is 11.0. The van der Waals surface area contributed by atoms with Crippen molar-refractivity contribution in [3.05, 3.63) is 12.2 Å². The van der Waals surface area contributed by atoms with Crippen LogP contribution in [0.1, 0.15) is 27.2 Å². The van der Waals surface area contributed by atoms with Gasteiger partial charge in [-0.3, -0.25) is 4.79 Å². The van der Waals surface area contributed by atoms with Gasteiger partial charge in [0.25, 0.3) is 0 Å². The average molecular weight is 156 g/mol. The molecule has 0 aliphatic carbocycles. The summed E-state index contributed by atoms with van der Waals surface area (Å²) in [7, 11) is 0. The van der Waals surface area contributed by atoms with Gasteiger partial charge in [-0.1, -0.05) is 13.5 Å². The summed E-state index contributed by atoms with van der Waals surface area (Å²) in [4.78, 5) is 11.0. The van der Waals surface area contributed by atoms with Crippen LogP contribution in [0, 0.1) is 0 Å². The first-order chi connectivity index (χ1) is 4.89. The number of amides is 1. The predicted octanol–water partition coefficient (Wildman–Crippen LogP) is 0.764. The maximum Gasteiger partial charge on any atom is 0.247 e. The highest BCUT2D eigenvalue weighted by Gasteiger charge is 2.17. The van der Waals surface area contributed by atoms with Crippen molar-refractivity contribution in [1.82, 2.24) is 5.32 Å². The number of hydrogen-bond acceptors (Lipinski definition) is 2. The van der Waals surface area contributed by atoms with Gasteiger partial charge >= 0.3 is 0 Å². The lowest BCUT2D eigenvalue weighted by Gasteiger charge is -2.24. The van der Waals surface area contributed by atoms with Gasteiger partial charge in [-0.05, 0) is 20.3 Å². The molecule has 0 aliphatic rings. The van der Waals surface area contributed by atoms with Crippen molar-refractivity contribution in [2.45, 2.75) is 32.9 Å². The van der Waals surface area contributed by atoms with Gasteiger partial charge in [-0.25, -0.2) is 0 Å². The van der Waals surface area contributed by atoms with E-state index in [-0.39, 0.29) is 5.91 Å². The van der Waals surface area contributed by atoms with Crippen LogP contribution in [0.15, 0.2) is 12.2 Å². The molecular formula is C8H16N2O. The standard InChI is InChI=1S/C8H16N2O/c1-5-8(4,9)10-7(11)6(2)3/h2,5,9H2,1,3-4H3,(H,10,11). The van der Waals surface area contributed by atoms with Gasteiger partial charge in [0.05, 0.1) is 5.66 Å². The highest BCUT2D eigenvalue weighted by atomic mass is 16.1.